The Morgan fingerprint density at radius 2 is 1.90 bits per heavy atom. The largest absolute Gasteiger partial charge is 0.504 e. The van der Waals surface area contributed by atoms with E-state index >= 15 is 0 Å². The van der Waals surface area contributed by atoms with E-state index in [1.165, 1.54) is 26.4 Å². The monoisotopic (exact) mass is 290 g/mol. The molecule has 1 N–H and O–H groups in total. The third-order valence-corrected chi connectivity index (χ3v) is 3.28. The summed E-state index contributed by atoms with van der Waals surface area (Å²) in [6, 6.07) is 5.53. The van der Waals surface area contributed by atoms with E-state index in [2.05, 4.69) is 0 Å². The van der Waals surface area contributed by atoms with Gasteiger partial charge in [-0.25, -0.2) is 9.18 Å². The number of halogens is 1. The Kier molecular flexibility index (Phi) is 2.94. The number of phenolic OH excluding ortho intramolecular Hbond substituents is 1. The second-order valence-corrected chi connectivity index (χ2v) is 4.42. The van der Waals surface area contributed by atoms with Gasteiger partial charge in [0.15, 0.2) is 11.3 Å². The average molecular weight is 290 g/mol. The zero-order chi connectivity index (χ0) is 15.1. The number of aromatic hydroxyl groups is 1. The summed E-state index contributed by atoms with van der Waals surface area (Å²) in [6.07, 6.45) is 0. The topological polar surface area (TPSA) is 68.9 Å². The van der Waals surface area contributed by atoms with Crippen molar-refractivity contribution < 1.29 is 23.4 Å². The lowest BCUT2D eigenvalue weighted by Crippen LogP contribution is -2.02. The van der Waals surface area contributed by atoms with Crippen LogP contribution in [0.4, 0.5) is 4.39 Å². The van der Waals surface area contributed by atoms with Crippen LogP contribution in [0.15, 0.2) is 33.5 Å². The van der Waals surface area contributed by atoms with E-state index in [-0.39, 0.29) is 22.1 Å². The normalized spacial score (nSPS) is 11.0. The van der Waals surface area contributed by atoms with E-state index in [1.54, 1.807) is 6.07 Å². The summed E-state index contributed by atoms with van der Waals surface area (Å²) in [7, 11) is 2.76. The molecule has 0 bridgehead atoms. The molecule has 6 heteroatoms. The minimum atomic E-state index is -0.717. The van der Waals surface area contributed by atoms with Crippen LogP contribution in [-0.4, -0.2) is 19.3 Å². The lowest BCUT2D eigenvalue weighted by molar-refractivity contribution is 0.367. The predicted octanol–water partition coefficient (Wildman–Crippen LogP) is 2.81. The Morgan fingerprint density at radius 3 is 2.57 bits per heavy atom. The third kappa shape index (κ3) is 1.87. The van der Waals surface area contributed by atoms with E-state index < -0.39 is 17.2 Å². The lowest BCUT2D eigenvalue weighted by atomic mass is 10.1. The van der Waals surface area contributed by atoms with Gasteiger partial charge in [0.05, 0.1) is 25.0 Å². The molecule has 108 valence electrons. The number of rotatable bonds is 2. The van der Waals surface area contributed by atoms with Crippen molar-refractivity contribution in [2.45, 2.75) is 0 Å². The molecule has 0 unspecified atom stereocenters. The Hall–Kier alpha value is -2.76. The standard InChI is InChI=1S/C15H11FO5/c1-19-7-3-4-8-9(5-7)12-10(16)6-11(17)13(20-2)14(12)21-15(8)18/h3-6,17H,1-2H3. The molecule has 1 heterocycles. The van der Waals surface area contributed by atoms with Crippen LogP contribution in [-0.2, 0) is 0 Å². The first-order valence-electron chi connectivity index (χ1n) is 6.07. The number of ether oxygens (including phenoxy) is 2. The smallest absolute Gasteiger partial charge is 0.344 e. The molecule has 21 heavy (non-hydrogen) atoms. The SMILES string of the molecule is COc1ccc2c(=O)oc3c(OC)c(O)cc(F)c3c2c1. The fourth-order valence-corrected chi connectivity index (χ4v) is 2.32. The van der Waals surface area contributed by atoms with Crippen LogP contribution < -0.4 is 15.1 Å². The Morgan fingerprint density at radius 1 is 1.14 bits per heavy atom. The zero-order valence-corrected chi connectivity index (χ0v) is 11.3. The predicted molar refractivity (Wildman–Crippen MR) is 74.7 cm³/mol. The Labute approximate surface area is 118 Å². The van der Waals surface area contributed by atoms with Crippen molar-refractivity contribution in [1.29, 1.82) is 0 Å². The summed E-state index contributed by atoms with van der Waals surface area (Å²) >= 11 is 0. The van der Waals surface area contributed by atoms with Crippen LogP contribution in [0.2, 0.25) is 0 Å². The van der Waals surface area contributed by atoms with Crippen LogP contribution in [0.25, 0.3) is 21.7 Å². The van der Waals surface area contributed by atoms with Crippen molar-refractivity contribution in [2.24, 2.45) is 0 Å². The number of methoxy groups -OCH3 is 2. The summed E-state index contributed by atoms with van der Waals surface area (Å²) < 4.78 is 29.4. The molecule has 0 saturated heterocycles. The van der Waals surface area contributed by atoms with Gasteiger partial charge in [-0.05, 0) is 18.2 Å². The van der Waals surface area contributed by atoms with Gasteiger partial charge in [0, 0.05) is 11.5 Å². The first-order chi connectivity index (χ1) is 10.1. The Balaban J connectivity index is 2.62. The van der Waals surface area contributed by atoms with Gasteiger partial charge < -0.3 is 19.0 Å². The van der Waals surface area contributed by atoms with Crippen molar-refractivity contribution in [2.75, 3.05) is 14.2 Å². The molecule has 3 rings (SSSR count). The fourth-order valence-electron chi connectivity index (χ4n) is 2.32. The summed E-state index contributed by atoms with van der Waals surface area (Å²) in [5.41, 5.74) is -0.788. The van der Waals surface area contributed by atoms with E-state index in [1.807, 2.05) is 0 Å². The quantitative estimate of drug-likeness (QED) is 0.580. The van der Waals surface area contributed by atoms with Crippen molar-refractivity contribution in [3.05, 3.63) is 40.5 Å². The number of benzene rings is 2. The van der Waals surface area contributed by atoms with E-state index in [9.17, 15) is 14.3 Å². The molecule has 0 amide bonds. The number of hydrogen-bond acceptors (Lipinski definition) is 5. The number of hydrogen-bond donors (Lipinski definition) is 1. The molecule has 0 fully saturated rings. The van der Waals surface area contributed by atoms with Crippen molar-refractivity contribution >= 4 is 21.7 Å². The van der Waals surface area contributed by atoms with Gasteiger partial charge in [-0.2, -0.15) is 0 Å². The highest BCUT2D eigenvalue weighted by Gasteiger charge is 2.19. The van der Waals surface area contributed by atoms with Crippen LogP contribution in [0.1, 0.15) is 0 Å². The lowest BCUT2D eigenvalue weighted by Gasteiger charge is -2.10. The first-order valence-corrected chi connectivity index (χ1v) is 6.07. The molecule has 0 aliphatic carbocycles. The second-order valence-electron chi connectivity index (χ2n) is 4.42. The van der Waals surface area contributed by atoms with Crippen LogP contribution >= 0.6 is 0 Å². The highest BCUT2D eigenvalue weighted by atomic mass is 19.1. The van der Waals surface area contributed by atoms with Gasteiger partial charge in [0.1, 0.15) is 11.6 Å². The summed E-state index contributed by atoms with van der Waals surface area (Å²) in [4.78, 5) is 12.0. The molecule has 5 nitrogen and oxygen atoms in total. The summed E-state index contributed by atoms with van der Waals surface area (Å²) in [5, 5.41) is 10.3. The molecule has 1 aromatic heterocycles. The van der Waals surface area contributed by atoms with Crippen LogP contribution in [0.3, 0.4) is 0 Å². The van der Waals surface area contributed by atoms with Crippen molar-refractivity contribution in [1.82, 2.24) is 0 Å². The minimum Gasteiger partial charge on any atom is -0.504 e. The molecule has 0 radical (unpaired) electrons. The highest BCUT2D eigenvalue weighted by molar-refractivity contribution is 6.07. The van der Waals surface area contributed by atoms with Gasteiger partial charge in [0.2, 0.25) is 5.75 Å². The first kappa shape index (κ1) is 13.2. The van der Waals surface area contributed by atoms with E-state index in [0.29, 0.717) is 11.1 Å². The number of phenols is 1. The molecule has 0 saturated carbocycles. The maximum Gasteiger partial charge on any atom is 0.344 e. The molecule has 2 aromatic carbocycles. The third-order valence-electron chi connectivity index (χ3n) is 3.28. The summed E-state index contributed by atoms with van der Waals surface area (Å²) in [5.74, 6) is -0.771. The van der Waals surface area contributed by atoms with Gasteiger partial charge in [-0.15, -0.1) is 0 Å². The molecule has 0 atom stereocenters. The van der Waals surface area contributed by atoms with Gasteiger partial charge >= 0.3 is 5.63 Å². The van der Waals surface area contributed by atoms with Gasteiger partial charge in [-0.1, -0.05) is 0 Å². The Bertz CT molecular complexity index is 913. The van der Waals surface area contributed by atoms with Gasteiger partial charge in [0.25, 0.3) is 0 Å². The average Bonchev–Trinajstić information content (AvgIpc) is 2.46. The molecular formula is C15H11FO5. The molecule has 3 aromatic rings. The molecule has 0 aliphatic heterocycles. The fraction of sp³-hybridized carbons (Fsp3) is 0.133. The highest BCUT2D eigenvalue weighted by Crippen LogP contribution is 2.39. The zero-order valence-electron chi connectivity index (χ0n) is 11.3. The molecular weight excluding hydrogens is 279 g/mol. The van der Waals surface area contributed by atoms with Crippen molar-refractivity contribution in [3.63, 3.8) is 0 Å². The maximum absolute atomic E-state index is 14.2. The molecule has 0 aliphatic rings. The van der Waals surface area contributed by atoms with Gasteiger partial charge in [-0.3, -0.25) is 0 Å². The van der Waals surface area contributed by atoms with Crippen molar-refractivity contribution in [3.8, 4) is 17.2 Å². The van der Waals surface area contributed by atoms with E-state index in [4.69, 9.17) is 13.9 Å². The second kappa shape index (κ2) is 4.66. The number of fused-ring (bicyclic) bond motifs is 3. The summed E-state index contributed by atoms with van der Waals surface area (Å²) in [6.45, 7) is 0. The maximum atomic E-state index is 14.2. The van der Waals surface area contributed by atoms with E-state index in [0.717, 1.165) is 6.07 Å². The van der Waals surface area contributed by atoms with Crippen LogP contribution in [0.5, 0.6) is 17.2 Å². The van der Waals surface area contributed by atoms with Crippen LogP contribution in [0, 0.1) is 5.82 Å². The molecule has 0 spiro atoms. The minimum absolute atomic E-state index is 0.0538.